The number of nitrogens with one attached hydrogen (secondary N) is 1. The molecule has 0 aliphatic rings. The maximum atomic E-state index is 9.55. The minimum absolute atomic E-state index is 0.0944. The molecule has 2 rings (SSSR count). The first kappa shape index (κ1) is 7.91. The largest absolute Gasteiger partial charge is 0.504 e. The summed E-state index contributed by atoms with van der Waals surface area (Å²) in [5, 5.41) is 26.2. The Labute approximate surface area is 74.8 Å². The van der Waals surface area contributed by atoms with Gasteiger partial charge < -0.3 is 10.2 Å². The number of aromatic nitrogens is 2. The normalized spacial score (nSPS) is 10.8. The Morgan fingerprint density at radius 3 is 2.85 bits per heavy atom. The predicted molar refractivity (Wildman–Crippen MR) is 48.8 cm³/mol. The number of rotatable bonds is 1. The van der Waals surface area contributed by atoms with Crippen LogP contribution < -0.4 is 0 Å². The summed E-state index contributed by atoms with van der Waals surface area (Å²) in [6, 6.07) is 3.13. The Balaban J connectivity index is 2.85. The van der Waals surface area contributed by atoms with Crippen molar-refractivity contribution in [2.45, 2.75) is 13.3 Å². The molecule has 3 N–H and O–H groups in total. The van der Waals surface area contributed by atoms with Crippen molar-refractivity contribution in [3.63, 3.8) is 0 Å². The number of fused-ring (bicyclic) bond motifs is 1. The van der Waals surface area contributed by atoms with Crippen molar-refractivity contribution < 1.29 is 10.2 Å². The zero-order chi connectivity index (χ0) is 9.42. The van der Waals surface area contributed by atoms with E-state index >= 15 is 0 Å². The minimum atomic E-state index is -0.108. The summed E-state index contributed by atoms with van der Waals surface area (Å²) in [5.41, 5.74) is 1.51. The van der Waals surface area contributed by atoms with Crippen LogP contribution in [0.1, 0.15) is 12.6 Å². The van der Waals surface area contributed by atoms with E-state index in [0.717, 1.165) is 17.6 Å². The van der Waals surface area contributed by atoms with Crippen LogP contribution >= 0.6 is 0 Å². The molecular formula is C9H10N2O2. The molecule has 1 heterocycles. The Morgan fingerprint density at radius 1 is 1.38 bits per heavy atom. The zero-order valence-electron chi connectivity index (χ0n) is 7.20. The average molecular weight is 178 g/mol. The van der Waals surface area contributed by atoms with Crippen LogP contribution in [0.3, 0.4) is 0 Å². The highest BCUT2D eigenvalue weighted by molar-refractivity contribution is 5.89. The van der Waals surface area contributed by atoms with Crippen LogP contribution in [0.2, 0.25) is 0 Å². The molecule has 1 aromatic heterocycles. The number of hydrogen-bond acceptors (Lipinski definition) is 3. The van der Waals surface area contributed by atoms with Crippen LogP contribution in [0.15, 0.2) is 12.1 Å². The summed E-state index contributed by atoms with van der Waals surface area (Å²) < 4.78 is 0. The van der Waals surface area contributed by atoms with E-state index in [0.29, 0.717) is 5.39 Å². The van der Waals surface area contributed by atoms with Crippen molar-refractivity contribution in [1.82, 2.24) is 10.2 Å². The van der Waals surface area contributed by atoms with Crippen molar-refractivity contribution in [1.29, 1.82) is 0 Å². The van der Waals surface area contributed by atoms with Gasteiger partial charge in [-0.15, -0.1) is 0 Å². The average Bonchev–Trinajstić information content (AvgIpc) is 2.55. The maximum Gasteiger partial charge on any atom is 0.168 e. The molecule has 0 fully saturated rings. The predicted octanol–water partition coefficient (Wildman–Crippen LogP) is 1.54. The van der Waals surface area contributed by atoms with Gasteiger partial charge in [-0.1, -0.05) is 6.92 Å². The van der Waals surface area contributed by atoms with Crippen LogP contribution in [-0.4, -0.2) is 20.4 Å². The van der Waals surface area contributed by atoms with E-state index in [1.165, 1.54) is 6.07 Å². The second-order valence-corrected chi connectivity index (χ2v) is 2.88. The first-order valence-electron chi connectivity index (χ1n) is 4.12. The summed E-state index contributed by atoms with van der Waals surface area (Å²) >= 11 is 0. The van der Waals surface area contributed by atoms with E-state index in [1.807, 2.05) is 6.92 Å². The number of H-pyrrole nitrogens is 1. The van der Waals surface area contributed by atoms with Gasteiger partial charge in [0.2, 0.25) is 0 Å². The van der Waals surface area contributed by atoms with Gasteiger partial charge in [-0.3, -0.25) is 5.10 Å². The number of benzene rings is 1. The SMILES string of the molecule is CCc1n[nH]c2ccc(O)c(O)c12. The monoisotopic (exact) mass is 178 g/mol. The lowest BCUT2D eigenvalue weighted by Gasteiger charge is -1.98. The first-order valence-corrected chi connectivity index (χ1v) is 4.12. The van der Waals surface area contributed by atoms with Crippen molar-refractivity contribution in [3.8, 4) is 11.5 Å². The summed E-state index contributed by atoms with van der Waals surface area (Å²) in [6.07, 6.45) is 0.719. The van der Waals surface area contributed by atoms with E-state index in [1.54, 1.807) is 6.07 Å². The van der Waals surface area contributed by atoms with Gasteiger partial charge in [0, 0.05) is 0 Å². The highest BCUT2D eigenvalue weighted by Gasteiger charge is 2.11. The molecule has 0 bridgehead atoms. The minimum Gasteiger partial charge on any atom is -0.504 e. The first-order chi connectivity index (χ1) is 6.24. The van der Waals surface area contributed by atoms with Gasteiger partial charge in [0.1, 0.15) is 0 Å². The van der Waals surface area contributed by atoms with Gasteiger partial charge in [0.15, 0.2) is 11.5 Å². The van der Waals surface area contributed by atoms with Gasteiger partial charge in [0.05, 0.1) is 16.6 Å². The number of aromatic hydroxyl groups is 2. The van der Waals surface area contributed by atoms with Crippen molar-refractivity contribution >= 4 is 10.9 Å². The van der Waals surface area contributed by atoms with Crippen LogP contribution in [0.5, 0.6) is 11.5 Å². The third-order valence-electron chi connectivity index (χ3n) is 2.09. The zero-order valence-corrected chi connectivity index (χ0v) is 7.20. The highest BCUT2D eigenvalue weighted by Crippen LogP contribution is 2.34. The van der Waals surface area contributed by atoms with E-state index in [9.17, 15) is 10.2 Å². The highest BCUT2D eigenvalue weighted by atomic mass is 16.3. The van der Waals surface area contributed by atoms with E-state index < -0.39 is 0 Å². The molecule has 0 saturated carbocycles. The number of nitrogens with zero attached hydrogens (tertiary/aromatic N) is 1. The van der Waals surface area contributed by atoms with Crippen molar-refractivity contribution in [3.05, 3.63) is 17.8 Å². The van der Waals surface area contributed by atoms with Gasteiger partial charge in [-0.05, 0) is 18.6 Å². The van der Waals surface area contributed by atoms with Gasteiger partial charge in [0.25, 0.3) is 0 Å². The lowest BCUT2D eigenvalue weighted by atomic mass is 10.1. The molecule has 4 heteroatoms. The fourth-order valence-corrected chi connectivity index (χ4v) is 1.40. The number of phenols is 2. The van der Waals surface area contributed by atoms with Gasteiger partial charge >= 0.3 is 0 Å². The van der Waals surface area contributed by atoms with E-state index in [-0.39, 0.29) is 11.5 Å². The van der Waals surface area contributed by atoms with E-state index in [4.69, 9.17) is 0 Å². The Kier molecular flexibility index (Phi) is 1.62. The van der Waals surface area contributed by atoms with Crippen LogP contribution in [-0.2, 0) is 6.42 Å². The number of hydrogen-bond donors (Lipinski definition) is 3. The molecule has 0 amide bonds. The van der Waals surface area contributed by atoms with Gasteiger partial charge in [-0.25, -0.2) is 0 Å². The third-order valence-corrected chi connectivity index (χ3v) is 2.09. The van der Waals surface area contributed by atoms with Crippen molar-refractivity contribution in [2.75, 3.05) is 0 Å². The molecular weight excluding hydrogens is 168 g/mol. The van der Waals surface area contributed by atoms with E-state index in [2.05, 4.69) is 10.2 Å². The second-order valence-electron chi connectivity index (χ2n) is 2.88. The van der Waals surface area contributed by atoms with Gasteiger partial charge in [-0.2, -0.15) is 5.10 Å². The fraction of sp³-hybridized carbons (Fsp3) is 0.222. The third kappa shape index (κ3) is 1.02. The summed E-state index contributed by atoms with van der Waals surface area (Å²) in [7, 11) is 0. The standard InChI is InChI=1S/C9H10N2O2/c1-2-5-8-6(11-10-5)3-4-7(12)9(8)13/h3-4,12-13H,2H2,1H3,(H,10,11). The summed E-state index contributed by atoms with van der Waals surface area (Å²) in [6.45, 7) is 1.94. The molecule has 0 atom stereocenters. The molecule has 4 nitrogen and oxygen atoms in total. The second kappa shape index (κ2) is 2.65. The molecule has 68 valence electrons. The maximum absolute atomic E-state index is 9.55. The molecule has 0 unspecified atom stereocenters. The lowest BCUT2D eigenvalue weighted by Crippen LogP contribution is -1.80. The fourth-order valence-electron chi connectivity index (χ4n) is 1.40. The molecule has 2 aromatic rings. The smallest absolute Gasteiger partial charge is 0.168 e. The molecule has 0 aliphatic heterocycles. The molecule has 13 heavy (non-hydrogen) atoms. The molecule has 0 spiro atoms. The number of aromatic amines is 1. The van der Waals surface area contributed by atoms with Crippen LogP contribution in [0.4, 0.5) is 0 Å². The number of phenolic OH excluding ortho intramolecular Hbond substituents is 2. The molecule has 0 aliphatic carbocycles. The Hall–Kier alpha value is -1.71. The molecule has 0 saturated heterocycles. The van der Waals surface area contributed by atoms with Crippen LogP contribution in [0, 0.1) is 0 Å². The quantitative estimate of drug-likeness (QED) is 0.580. The Morgan fingerprint density at radius 2 is 2.15 bits per heavy atom. The molecule has 0 radical (unpaired) electrons. The summed E-state index contributed by atoms with van der Waals surface area (Å²) in [5.74, 6) is -0.202. The van der Waals surface area contributed by atoms with Crippen LogP contribution in [0.25, 0.3) is 10.9 Å². The number of aryl methyl sites for hydroxylation is 1. The Bertz CT molecular complexity index is 448. The molecule has 1 aromatic carbocycles. The summed E-state index contributed by atoms with van der Waals surface area (Å²) in [4.78, 5) is 0. The topological polar surface area (TPSA) is 69.1 Å². The lowest BCUT2D eigenvalue weighted by molar-refractivity contribution is 0.408. The van der Waals surface area contributed by atoms with Crippen molar-refractivity contribution in [2.24, 2.45) is 0 Å².